The second-order valence-corrected chi connectivity index (χ2v) is 8.97. The highest BCUT2D eigenvalue weighted by atomic mass is 32.2. The topological polar surface area (TPSA) is 78.0 Å². The zero-order valence-electron chi connectivity index (χ0n) is 15.6. The Balaban J connectivity index is 2.22. The lowest BCUT2D eigenvalue weighted by molar-refractivity contribution is -0.145. The molecule has 1 aromatic rings. The number of likely N-dealkylation sites (N-methyl/N-ethyl adjacent to an activating group) is 2. The Labute approximate surface area is 155 Å². The van der Waals surface area contributed by atoms with E-state index in [0.717, 1.165) is 0 Å². The molecule has 1 saturated heterocycles. The first-order chi connectivity index (χ1) is 12.2. The van der Waals surface area contributed by atoms with Gasteiger partial charge in [-0.25, -0.2) is 8.42 Å². The predicted molar refractivity (Wildman–Crippen MR) is 102 cm³/mol. The van der Waals surface area contributed by atoms with E-state index in [1.165, 1.54) is 9.80 Å². The van der Waals surface area contributed by atoms with Crippen molar-refractivity contribution in [1.82, 2.24) is 9.80 Å². The van der Waals surface area contributed by atoms with Gasteiger partial charge < -0.3 is 14.7 Å². The lowest BCUT2D eigenvalue weighted by Crippen LogP contribution is -2.51. The standard InChI is InChI=1S/C18H27N3O4S/c1-4-20(15-8-6-5-7-9-15)17(22)18(23)21(12-11-19(2)3)16-10-13-26(24,25)14-16/h5-9,16H,4,10-14H2,1-3H3. The number of para-hydroxylation sites is 1. The Kier molecular flexibility index (Phi) is 6.77. The van der Waals surface area contributed by atoms with Crippen LogP contribution in [0.3, 0.4) is 0 Å². The molecule has 1 heterocycles. The van der Waals surface area contributed by atoms with Crippen molar-refractivity contribution < 1.29 is 18.0 Å². The molecular formula is C18H27N3O4S. The SMILES string of the molecule is CCN(C(=O)C(=O)N(CCN(C)C)C1CCS(=O)(=O)C1)c1ccccc1. The second-order valence-electron chi connectivity index (χ2n) is 6.74. The van der Waals surface area contributed by atoms with E-state index in [1.54, 1.807) is 12.1 Å². The Morgan fingerprint density at radius 3 is 2.23 bits per heavy atom. The van der Waals surface area contributed by atoms with Crippen LogP contribution < -0.4 is 4.90 Å². The van der Waals surface area contributed by atoms with E-state index in [2.05, 4.69) is 0 Å². The van der Waals surface area contributed by atoms with Gasteiger partial charge in [-0.05, 0) is 39.6 Å². The minimum Gasteiger partial charge on any atom is -0.329 e. The number of sulfone groups is 1. The largest absolute Gasteiger partial charge is 0.329 e. The molecule has 0 spiro atoms. The van der Waals surface area contributed by atoms with Crippen molar-refractivity contribution >= 4 is 27.3 Å². The molecule has 7 nitrogen and oxygen atoms in total. The summed E-state index contributed by atoms with van der Waals surface area (Å²) in [5.74, 6) is -1.27. The number of benzene rings is 1. The molecule has 8 heteroatoms. The molecular weight excluding hydrogens is 354 g/mol. The summed E-state index contributed by atoms with van der Waals surface area (Å²) in [7, 11) is 0.598. The van der Waals surface area contributed by atoms with E-state index in [4.69, 9.17) is 0 Å². The van der Waals surface area contributed by atoms with Crippen LogP contribution in [0.25, 0.3) is 0 Å². The predicted octanol–water partition coefficient (Wildman–Crippen LogP) is 0.617. The molecule has 144 valence electrons. The molecule has 0 N–H and O–H groups in total. The van der Waals surface area contributed by atoms with E-state index in [-0.39, 0.29) is 11.5 Å². The summed E-state index contributed by atoms with van der Waals surface area (Å²) in [4.78, 5) is 30.6. The third-order valence-corrected chi connectivity index (χ3v) is 6.26. The number of rotatable bonds is 6. The highest BCUT2D eigenvalue weighted by Crippen LogP contribution is 2.20. The van der Waals surface area contributed by atoms with Crippen LogP contribution in [0, 0.1) is 0 Å². The van der Waals surface area contributed by atoms with Crippen molar-refractivity contribution in [2.75, 3.05) is 50.1 Å². The Morgan fingerprint density at radius 1 is 1.08 bits per heavy atom. The van der Waals surface area contributed by atoms with Gasteiger partial charge in [-0.2, -0.15) is 0 Å². The van der Waals surface area contributed by atoms with Gasteiger partial charge in [-0.3, -0.25) is 9.59 Å². The van der Waals surface area contributed by atoms with Crippen LogP contribution >= 0.6 is 0 Å². The van der Waals surface area contributed by atoms with Crippen molar-refractivity contribution in [2.24, 2.45) is 0 Å². The number of carbonyl (C=O) groups is 2. The van der Waals surface area contributed by atoms with Crippen LogP contribution in [-0.2, 0) is 19.4 Å². The summed E-state index contributed by atoms with van der Waals surface area (Å²) >= 11 is 0. The molecule has 1 aliphatic heterocycles. The summed E-state index contributed by atoms with van der Waals surface area (Å²) in [6, 6.07) is 8.58. The first-order valence-electron chi connectivity index (χ1n) is 8.78. The maximum Gasteiger partial charge on any atom is 0.316 e. The van der Waals surface area contributed by atoms with Gasteiger partial charge in [0.25, 0.3) is 0 Å². The van der Waals surface area contributed by atoms with Crippen molar-refractivity contribution in [2.45, 2.75) is 19.4 Å². The van der Waals surface area contributed by atoms with Crippen LogP contribution in [0.5, 0.6) is 0 Å². The van der Waals surface area contributed by atoms with Crippen LogP contribution in [0.4, 0.5) is 5.69 Å². The van der Waals surface area contributed by atoms with Crippen LogP contribution in [0.15, 0.2) is 30.3 Å². The van der Waals surface area contributed by atoms with E-state index in [0.29, 0.717) is 31.7 Å². The quantitative estimate of drug-likeness (QED) is 0.675. The summed E-state index contributed by atoms with van der Waals surface area (Å²) in [6.45, 7) is 3.05. The van der Waals surface area contributed by atoms with E-state index in [1.807, 2.05) is 44.1 Å². The number of hydrogen-bond donors (Lipinski definition) is 0. The van der Waals surface area contributed by atoms with Crippen molar-refractivity contribution in [3.63, 3.8) is 0 Å². The molecule has 0 aromatic heterocycles. The van der Waals surface area contributed by atoms with Gasteiger partial charge in [0.1, 0.15) is 0 Å². The molecule has 1 fully saturated rings. The fourth-order valence-corrected chi connectivity index (χ4v) is 4.80. The van der Waals surface area contributed by atoms with Crippen LogP contribution in [0.1, 0.15) is 13.3 Å². The molecule has 1 aromatic carbocycles. The summed E-state index contributed by atoms with van der Waals surface area (Å²) in [6.07, 6.45) is 0.381. The van der Waals surface area contributed by atoms with Gasteiger partial charge in [0.2, 0.25) is 0 Å². The van der Waals surface area contributed by atoms with Gasteiger partial charge in [-0.15, -0.1) is 0 Å². The number of hydrogen-bond acceptors (Lipinski definition) is 5. The molecule has 2 amide bonds. The van der Waals surface area contributed by atoms with Gasteiger partial charge in [-0.1, -0.05) is 18.2 Å². The lowest BCUT2D eigenvalue weighted by atomic mass is 10.2. The van der Waals surface area contributed by atoms with Gasteiger partial charge in [0.05, 0.1) is 11.5 Å². The molecule has 1 unspecified atom stereocenters. The summed E-state index contributed by atoms with van der Waals surface area (Å²) < 4.78 is 23.7. The normalized spacial score (nSPS) is 18.7. The van der Waals surface area contributed by atoms with Gasteiger partial charge in [0.15, 0.2) is 9.84 Å². The smallest absolute Gasteiger partial charge is 0.316 e. The third-order valence-electron chi connectivity index (χ3n) is 4.51. The minimum absolute atomic E-state index is 0.0633. The molecule has 0 saturated carbocycles. The average molecular weight is 381 g/mol. The molecule has 2 rings (SSSR count). The Hall–Kier alpha value is -1.93. The molecule has 0 radical (unpaired) electrons. The fraction of sp³-hybridized carbons (Fsp3) is 0.556. The first-order valence-corrected chi connectivity index (χ1v) is 10.6. The minimum atomic E-state index is -3.15. The number of nitrogens with zero attached hydrogens (tertiary/aromatic N) is 3. The summed E-state index contributed by atoms with van der Waals surface area (Å²) in [5, 5.41) is 0. The highest BCUT2D eigenvalue weighted by Gasteiger charge is 2.38. The zero-order valence-corrected chi connectivity index (χ0v) is 16.4. The van der Waals surface area contributed by atoms with E-state index in [9.17, 15) is 18.0 Å². The fourth-order valence-electron chi connectivity index (χ4n) is 3.07. The van der Waals surface area contributed by atoms with Crippen molar-refractivity contribution in [1.29, 1.82) is 0 Å². The van der Waals surface area contributed by atoms with E-state index < -0.39 is 27.7 Å². The third kappa shape index (κ3) is 5.04. The van der Waals surface area contributed by atoms with Crippen LogP contribution in [-0.4, -0.2) is 81.3 Å². The lowest BCUT2D eigenvalue weighted by Gasteiger charge is -2.31. The molecule has 1 atom stereocenters. The maximum absolute atomic E-state index is 12.9. The van der Waals surface area contributed by atoms with Gasteiger partial charge in [0, 0.05) is 31.4 Å². The van der Waals surface area contributed by atoms with Crippen LogP contribution in [0.2, 0.25) is 0 Å². The molecule has 0 bridgehead atoms. The van der Waals surface area contributed by atoms with Gasteiger partial charge >= 0.3 is 11.8 Å². The Bertz CT molecular complexity index is 734. The number of amides is 2. The maximum atomic E-state index is 12.9. The molecule has 1 aliphatic rings. The summed E-state index contributed by atoms with van der Waals surface area (Å²) in [5.41, 5.74) is 0.653. The zero-order chi connectivity index (χ0) is 19.3. The van der Waals surface area contributed by atoms with E-state index >= 15 is 0 Å². The second kappa shape index (κ2) is 8.64. The first kappa shape index (κ1) is 20.4. The highest BCUT2D eigenvalue weighted by molar-refractivity contribution is 7.91. The van der Waals surface area contributed by atoms with Crippen molar-refractivity contribution in [3.05, 3.63) is 30.3 Å². The molecule has 0 aliphatic carbocycles. The Morgan fingerprint density at radius 2 is 1.73 bits per heavy atom. The van der Waals surface area contributed by atoms with Crippen molar-refractivity contribution in [3.8, 4) is 0 Å². The number of carbonyl (C=O) groups excluding carboxylic acids is 2. The number of anilines is 1. The monoisotopic (exact) mass is 381 g/mol. The average Bonchev–Trinajstić information content (AvgIpc) is 2.96. The molecule has 26 heavy (non-hydrogen) atoms.